The van der Waals surface area contributed by atoms with Gasteiger partial charge in [0.1, 0.15) is 0 Å². The van der Waals surface area contributed by atoms with Crippen molar-refractivity contribution < 1.29 is 55.7 Å². The van der Waals surface area contributed by atoms with Gasteiger partial charge in [0.15, 0.2) is 0 Å². The summed E-state index contributed by atoms with van der Waals surface area (Å²) in [5.74, 6) is 0. The SMILES string of the molecule is O=S(=O)([O-])[O-].[OH-].[Y+3]. The summed E-state index contributed by atoms with van der Waals surface area (Å²) in [6.07, 6.45) is 0. The molecule has 0 aliphatic rings. The first kappa shape index (κ1) is 15.7. The summed E-state index contributed by atoms with van der Waals surface area (Å²) in [6.45, 7) is 0. The van der Waals surface area contributed by atoms with Gasteiger partial charge in [-0.1, -0.05) is 0 Å². The van der Waals surface area contributed by atoms with Crippen molar-refractivity contribution in [1.29, 1.82) is 0 Å². The van der Waals surface area contributed by atoms with Crippen LogP contribution < -0.4 is 0 Å². The summed E-state index contributed by atoms with van der Waals surface area (Å²) in [6, 6.07) is 0. The van der Waals surface area contributed by atoms with E-state index in [0.717, 1.165) is 0 Å². The van der Waals surface area contributed by atoms with Crippen molar-refractivity contribution in [2.75, 3.05) is 0 Å². The summed E-state index contributed by atoms with van der Waals surface area (Å²) >= 11 is 0. The van der Waals surface area contributed by atoms with E-state index in [4.69, 9.17) is 17.5 Å². The van der Waals surface area contributed by atoms with Crippen LogP contribution in [0.3, 0.4) is 0 Å². The zero-order chi connectivity index (χ0) is 4.50. The number of hydrogen-bond donors (Lipinski definition) is 0. The van der Waals surface area contributed by atoms with Gasteiger partial charge in [-0.25, -0.2) is 0 Å². The van der Waals surface area contributed by atoms with Gasteiger partial charge in [0.2, 0.25) is 0 Å². The van der Waals surface area contributed by atoms with E-state index in [1.807, 2.05) is 0 Å². The van der Waals surface area contributed by atoms with Gasteiger partial charge in [-0.3, -0.25) is 8.42 Å². The Morgan fingerprint density at radius 1 is 1.14 bits per heavy atom. The molecule has 7 heavy (non-hydrogen) atoms. The van der Waals surface area contributed by atoms with E-state index in [1.54, 1.807) is 0 Å². The minimum absolute atomic E-state index is 0. The second-order valence-electron chi connectivity index (χ2n) is 0.408. The van der Waals surface area contributed by atoms with Crippen molar-refractivity contribution >= 4 is 10.4 Å². The van der Waals surface area contributed by atoms with Crippen LogP contribution >= 0.6 is 0 Å². The summed E-state index contributed by atoms with van der Waals surface area (Å²) in [5.41, 5.74) is 0. The first-order chi connectivity index (χ1) is 2.00. The van der Waals surface area contributed by atoms with E-state index >= 15 is 0 Å². The quantitative estimate of drug-likeness (QED) is 0.350. The molecule has 0 heterocycles. The van der Waals surface area contributed by atoms with Gasteiger partial charge in [-0.05, 0) is 0 Å². The first-order valence-corrected chi connectivity index (χ1v) is 2.00. The average Bonchev–Trinajstić information content (AvgIpc) is 0.722. The zero-order valence-electron chi connectivity index (χ0n) is 3.07. The third-order valence-corrected chi connectivity index (χ3v) is 0. The Balaban J connectivity index is -0.0000000800. The smallest absolute Gasteiger partial charge is 0.870 e. The largest absolute Gasteiger partial charge is 3.00 e. The van der Waals surface area contributed by atoms with E-state index in [2.05, 4.69) is 0 Å². The monoisotopic (exact) mass is 202 g/mol. The van der Waals surface area contributed by atoms with E-state index in [-0.39, 0.29) is 38.2 Å². The molecule has 0 aliphatic carbocycles. The van der Waals surface area contributed by atoms with Crippen LogP contribution in [-0.2, 0) is 43.1 Å². The molecule has 0 saturated carbocycles. The molecular formula is HO5SY. The van der Waals surface area contributed by atoms with Crippen molar-refractivity contribution in [2.24, 2.45) is 0 Å². The fourth-order valence-corrected chi connectivity index (χ4v) is 0. The molecule has 0 atom stereocenters. The maximum atomic E-state index is 8.52. The summed E-state index contributed by atoms with van der Waals surface area (Å²) < 4.78 is 34.1. The van der Waals surface area contributed by atoms with Crippen LogP contribution in [0.25, 0.3) is 0 Å². The van der Waals surface area contributed by atoms with Gasteiger partial charge >= 0.3 is 32.7 Å². The Morgan fingerprint density at radius 3 is 1.14 bits per heavy atom. The van der Waals surface area contributed by atoms with E-state index in [9.17, 15) is 0 Å². The van der Waals surface area contributed by atoms with Gasteiger partial charge < -0.3 is 14.6 Å². The molecule has 0 unspecified atom stereocenters. The standard InChI is InChI=1S/H2O4S.H2O.Y/c1-5(2,3)4;;/h(H2,1,2,3,4);1H2;/q;;+3/p-3. The Kier molecular flexibility index (Phi) is 11.4. The minimum atomic E-state index is -5.17. The molecule has 0 bridgehead atoms. The molecule has 0 radical (unpaired) electrons. The van der Waals surface area contributed by atoms with Crippen LogP contribution in [0.15, 0.2) is 0 Å². The fraction of sp³-hybridized carbons (Fsp3) is 0. The molecule has 0 aliphatic heterocycles. The molecule has 0 amide bonds. The van der Waals surface area contributed by atoms with Gasteiger partial charge in [-0.2, -0.15) is 0 Å². The van der Waals surface area contributed by atoms with Gasteiger partial charge in [-0.15, -0.1) is 0 Å². The third-order valence-electron chi connectivity index (χ3n) is 0. The van der Waals surface area contributed by atoms with E-state index in [1.165, 1.54) is 0 Å². The zero-order valence-corrected chi connectivity index (χ0v) is 6.72. The molecule has 0 aromatic carbocycles. The van der Waals surface area contributed by atoms with Crippen LogP contribution in [0, 0.1) is 0 Å². The molecular weight excluding hydrogens is 201 g/mol. The van der Waals surface area contributed by atoms with Crippen LogP contribution in [0.5, 0.6) is 0 Å². The molecule has 7 heteroatoms. The molecule has 0 saturated heterocycles. The molecule has 0 fully saturated rings. The molecule has 0 spiro atoms. The molecule has 0 rings (SSSR count). The van der Waals surface area contributed by atoms with Gasteiger partial charge in [0.05, 0.1) is 0 Å². The van der Waals surface area contributed by atoms with Crippen molar-refractivity contribution in [1.82, 2.24) is 0 Å². The Bertz CT molecular complexity index is 91.2. The second-order valence-corrected chi connectivity index (χ2v) is 1.22. The first-order valence-electron chi connectivity index (χ1n) is 0.667. The van der Waals surface area contributed by atoms with Gasteiger partial charge in [0, 0.05) is 10.4 Å². The van der Waals surface area contributed by atoms with E-state index < -0.39 is 10.4 Å². The average molecular weight is 202 g/mol. The number of rotatable bonds is 0. The predicted octanol–water partition coefficient (Wildman–Crippen LogP) is -1.52. The Hall–Kier alpha value is 0.934. The van der Waals surface area contributed by atoms with Crippen LogP contribution in [0.4, 0.5) is 0 Å². The Labute approximate surface area is 65.9 Å². The molecule has 0 aromatic heterocycles. The normalized spacial score (nSPS) is 8.29. The van der Waals surface area contributed by atoms with Crippen LogP contribution in [0.1, 0.15) is 0 Å². The summed E-state index contributed by atoms with van der Waals surface area (Å²) in [4.78, 5) is 0. The van der Waals surface area contributed by atoms with Crippen molar-refractivity contribution in [2.45, 2.75) is 0 Å². The molecule has 40 valence electrons. The third kappa shape index (κ3) is 194. The number of hydrogen-bond acceptors (Lipinski definition) is 5. The predicted molar refractivity (Wildman–Crippen MR) is 12.4 cm³/mol. The van der Waals surface area contributed by atoms with Crippen LogP contribution in [-0.4, -0.2) is 23.0 Å². The topological polar surface area (TPSA) is 110 Å². The molecule has 1 N–H and O–H groups in total. The summed E-state index contributed by atoms with van der Waals surface area (Å²) in [5, 5.41) is 0. The summed E-state index contributed by atoms with van der Waals surface area (Å²) in [7, 11) is -5.17. The van der Waals surface area contributed by atoms with Crippen molar-refractivity contribution in [3.05, 3.63) is 0 Å². The molecule has 5 nitrogen and oxygen atoms in total. The Morgan fingerprint density at radius 2 is 1.14 bits per heavy atom. The van der Waals surface area contributed by atoms with Crippen molar-refractivity contribution in [3.63, 3.8) is 0 Å². The maximum absolute atomic E-state index is 8.52. The van der Waals surface area contributed by atoms with Crippen LogP contribution in [0.2, 0.25) is 0 Å². The molecule has 0 aromatic rings. The maximum Gasteiger partial charge on any atom is 3.00 e. The van der Waals surface area contributed by atoms with Crippen molar-refractivity contribution in [3.8, 4) is 0 Å². The van der Waals surface area contributed by atoms with E-state index in [0.29, 0.717) is 0 Å². The second kappa shape index (κ2) is 5.08. The minimum Gasteiger partial charge on any atom is -0.870 e. The van der Waals surface area contributed by atoms with Gasteiger partial charge in [0.25, 0.3) is 0 Å². The fourth-order valence-electron chi connectivity index (χ4n) is 0.